The number of oxazole rings is 2. The molecular weight excluding hydrogens is 621 g/mol. The van der Waals surface area contributed by atoms with Crippen molar-refractivity contribution >= 4 is 54.9 Å². The molecule has 0 bridgehead atoms. The Bertz CT molecular complexity index is 1810. The normalized spacial score (nSPS) is 11.7. The molecule has 2 N–H and O–H groups in total. The minimum Gasteiger partial charge on any atom is -0.431 e. The number of hydrogen-bond acceptors (Lipinski definition) is 13. The molecule has 3 heterocycles. The second kappa shape index (κ2) is 12.6. The molecule has 0 spiro atoms. The first-order chi connectivity index (χ1) is 20.5. The number of aromatic nitrogens is 4. The van der Waals surface area contributed by atoms with Crippen LogP contribution >= 0.6 is 11.3 Å². The van der Waals surface area contributed by atoms with E-state index in [9.17, 15) is 26.4 Å². The van der Waals surface area contributed by atoms with E-state index in [-0.39, 0.29) is 22.0 Å². The fourth-order valence-electron chi connectivity index (χ4n) is 3.74. The van der Waals surface area contributed by atoms with Gasteiger partial charge in [-0.1, -0.05) is 72.0 Å². The van der Waals surface area contributed by atoms with E-state index < -0.39 is 54.5 Å². The molecule has 0 aliphatic rings. The van der Waals surface area contributed by atoms with E-state index in [1.165, 1.54) is 12.5 Å². The van der Waals surface area contributed by atoms with Gasteiger partial charge in [-0.2, -0.15) is 9.97 Å². The molecule has 0 saturated carbocycles. The Labute approximate surface area is 249 Å². The Kier molecular flexibility index (Phi) is 8.74. The number of carbonyl (C=O) groups is 2. The molecule has 222 valence electrons. The number of hydrogen-bond donors (Lipinski definition) is 2. The van der Waals surface area contributed by atoms with Crippen LogP contribution in [-0.4, -0.2) is 60.3 Å². The predicted molar refractivity (Wildman–Crippen MR) is 156 cm³/mol. The fourth-order valence-corrected chi connectivity index (χ4v) is 7.74. The highest BCUT2D eigenvalue weighted by Gasteiger charge is 2.24. The van der Waals surface area contributed by atoms with E-state index in [1.807, 2.05) is 36.4 Å². The number of anilines is 2. The van der Waals surface area contributed by atoms with Gasteiger partial charge in [-0.25, -0.2) is 16.8 Å². The van der Waals surface area contributed by atoms with Gasteiger partial charge in [0.15, 0.2) is 19.7 Å². The molecule has 0 unspecified atom stereocenters. The van der Waals surface area contributed by atoms with E-state index in [4.69, 9.17) is 8.83 Å². The lowest BCUT2D eigenvalue weighted by atomic mass is 10.2. The number of nitrogens with one attached hydrogen (secondary N) is 2. The average molecular weight is 643 g/mol. The number of carbonyl (C=O) groups excluding carboxylic acids is 2. The summed E-state index contributed by atoms with van der Waals surface area (Å²) in [4.78, 5) is 32.9. The molecule has 17 heteroatoms. The maximum absolute atomic E-state index is 12.6. The highest BCUT2D eigenvalue weighted by molar-refractivity contribution is 7.91. The number of amides is 2. The first-order valence-corrected chi connectivity index (χ1v) is 16.8. The van der Waals surface area contributed by atoms with Crippen LogP contribution in [0.25, 0.3) is 22.5 Å². The van der Waals surface area contributed by atoms with E-state index in [0.29, 0.717) is 11.4 Å². The van der Waals surface area contributed by atoms with Gasteiger partial charge in [0.1, 0.15) is 56.9 Å². The predicted octanol–water partition coefficient (Wildman–Crippen LogP) is 2.96. The zero-order chi connectivity index (χ0) is 30.5. The van der Waals surface area contributed by atoms with Crippen molar-refractivity contribution in [2.75, 3.05) is 22.1 Å². The van der Waals surface area contributed by atoms with Crippen molar-refractivity contribution in [3.05, 3.63) is 83.2 Å². The highest BCUT2D eigenvalue weighted by Crippen LogP contribution is 2.22. The van der Waals surface area contributed by atoms with Crippen LogP contribution in [0.3, 0.4) is 0 Å². The highest BCUT2D eigenvalue weighted by atomic mass is 32.2. The lowest BCUT2D eigenvalue weighted by Gasteiger charge is -2.02. The third-order valence-electron chi connectivity index (χ3n) is 5.54. The number of nitrogens with zero attached hydrogens (tertiary/aromatic N) is 4. The molecule has 0 aliphatic carbocycles. The Balaban J connectivity index is 1.11. The first-order valence-electron chi connectivity index (χ1n) is 12.4. The zero-order valence-electron chi connectivity index (χ0n) is 22.0. The largest absolute Gasteiger partial charge is 0.431 e. The SMILES string of the molecule is O=C(CS(=O)(=O)Cc1nnc(CS(=O)(=O)CC(=O)Nc2nc(-c3ccccc3)co2)s1)Nc1nc(-c2ccccc2)co1. The van der Waals surface area contributed by atoms with Gasteiger partial charge in [0.25, 0.3) is 0 Å². The van der Waals surface area contributed by atoms with Gasteiger partial charge in [-0.3, -0.25) is 20.2 Å². The summed E-state index contributed by atoms with van der Waals surface area (Å²) < 4.78 is 60.7. The van der Waals surface area contributed by atoms with Gasteiger partial charge in [-0.15, -0.1) is 10.2 Å². The fraction of sp³-hybridized carbons (Fsp3) is 0.154. The molecule has 2 amide bonds. The number of rotatable bonds is 12. The molecular formula is C26H22N6O8S3. The van der Waals surface area contributed by atoms with Crippen molar-refractivity contribution in [3.8, 4) is 22.5 Å². The first kappa shape index (κ1) is 29.7. The maximum atomic E-state index is 12.6. The van der Waals surface area contributed by atoms with Gasteiger partial charge in [0, 0.05) is 11.1 Å². The van der Waals surface area contributed by atoms with E-state index in [1.54, 1.807) is 24.3 Å². The quantitative estimate of drug-likeness (QED) is 0.202. The van der Waals surface area contributed by atoms with Crippen molar-refractivity contribution in [2.45, 2.75) is 11.5 Å². The summed E-state index contributed by atoms with van der Waals surface area (Å²) in [6.07, 6.45) is 2.66. The molecule has 43 heavy (non-hydrogen) atoms. The third-order valence-corrected chi connectivity index (χ3v) is 9.66. The Morgan fingerprint density at radius 3 is 1.44 bits per heavy atom. The minimum atomic E-state index is -4.01. The Morgan fingerprint density at radius 2 is 1.05 bits per heavy atom. The molecule has 0 radical (unpaired) electrons. The van der Waals surface area contributed by atoms with E-state index in [2.05, 4.69) is 30.8 Å². The van der Waals surface area contributed by atoms with Crippen molar-refractivity contribution in [3.63, 3.8) is 0 Å². The van der Waals surface area contributed by atoms with Crippen molar-refractivity contribution < 1.29 is 35.3 Å². The summed E-state index contributed by atoms with van der Waals surface area (Å²) in [6, 6.07) is 17.8. The van der Waals surface area contributed by atoms with Crippen LogP contribution in [0.4, 0.5) is 12.0 Å². The van der Waals surface area contributed by atoms with Crippen LogP contribution in [-0.2, 0) is 40.8 Å². The van der Waals surface area contributed by atoms with E-state index in [0.717, 1.165) is 22.5 Å². The molecule has 5 rings (SSSR count). The van der Waals surface area contributed by atoms with Gasteiger partial charge >= 0.3 is 12.0 Å². The molecule has 5 aromatic rings. The topological polar surface area (TPSA) is 204 Å². The summed E-state index contributed by atoms with van der Waals surface area (Å²) in [5.41, 5.74) is 2.42. The van der Waals surface area contributed by atoms with Crippen molar-refractivity contribution in [1.29, 1.82) is 0 Å². The molecule has 2 aromatic carbocycles. The van der Waals surface area contributed by atoms with Gasteiger partial charge in [-0.05, 0) is 0 Å². The summed E-state index contributed by atoms with van der Waals surface area (Å²) in [6.45, 7) is 0. The monoisotopic (exact) mass is 642 g/mol. The molecule has 14 nitrogen and oxygen atoms in total. The zero-order valence-corrected chi connectivity index (χ0v) is 24.5. The molecule has 0 aliphatic heterocycles. The number of sulfone groups is 2. The summed E-state index contributed by atoms with van der Waals surface area (Å²) in [7, 11) is -8.01. The standard InChI is InChI=1S/C26H22N6O8S3/c33-21(29-25-27-19(11-39-25)17-7-3-1-4-8-17)13-42(35,36)15-23-31-32-24(41-23)16-43(37,38)14-22(34)30-26-28-20(12-40-26)18-9-5-2-6-10-18/h1-12H,13-16H2,(H,27,29,33)(H,28,30,34). The smallest absolute Gasteiger partial charge is 0.301 e. The molecule has 3 aromatic heterocycles. The van der Waals surface area contributed by atoms with Gasteiger partial charge in [0.05, 0.1) is 0 Å². The second-order valence-corrected chi connectivity index (χ2v) is 14.3. The van der Waals surface area contributed by atoms with Gasteiger partial charge < -0.3 is 8.83 Å². The van der Waals surface area contributed by atoms with Crippen molar-refractivity contribution in [2.24, 2.45) is 0 Å². The summed E-state index contributed by atoms with van der Waals surface area (Å²) in [5.74, 6) is -4.82. The third kappa shape index (κ3) is 8.40. The number of benzene rings is 2. The van der Waals surface area contributed by atoms with E-state index >= 15 is 0 Å². The molecule has 0 saturated heterocycles. The summed E-state index contributed by atoms with van der Waals surface area (Å²) >= 11 is 0.745. The van der Waals surface area contributed by atoms with Crippen LogP contribution < -0.4 is 10.6 Å². The lowest BCUT2D eigenvalue weighted by molar-refractivity contribution is -0.114. The summed E-state index contributed by atoms with van der Waals surface area (Å²) in [5, 5.41) is 12.0. The van der Waals surface area contributed by atoms with Crippen LogP contribution in [0.1, 0.15) is 10.0 Å². The van der Waals surface area contributed by atoms with Crippen molar-refractivity contribution in [1.82, 2.24) is 20.2 Å². The Morgan fingerprint density at radius 1 is 0.651 bits per heavy atom. The van der Waals surface area contributed by atoms with Crippen LogP contribution in [0.5, 0.6) is 0 Å². The molecule has 0 atom stereocenters. The Hall–Kier alpha value is -4.74. The second-order valence-electron chi connectivity index (χ2n) is 9.06. The van der Waals surface area contributed by atoms with Crippen LogP contribution in [0.2, 0.25) is 0 Å². The lowest BCUT2D eigenvalue weighted by Crippen LogP contribution is -2.24. The minimum absolute atomic E-state index is 0.0156. The van der Waals surface area contributed by atoms with Crippen LogP contribution in [0.15, 0.2) is 82.0 Å². The molecule has 0 fully saturated rings. The maximum Gasteiger partial charge on any atom is 0.301 e. The van der Waals surface area contributed by atoms with Gasteiger partial charge in [0.2, 0.25) is 11.8 Å². The average Bonchev–Trinajstić information content (AvgIpc) is 3.70. The van der Waals surface area contributed by atoms with Crippen LogP contribution in [0, 0.1) is 0 Å².